The van der Waals surface area contributed by atoms with Crippen LogP contribution in [-0.4, -0.2) is 48.3 Å². The molecule has 1 atom stereocenters. The highest BCUT2D eigenvalue weighted by Gasteiger charge is 2.25. The highest BCUT2D eigenvalue weighted by atomic mass is 35.5. The summed E-state index contributed by atoms with van der Waals surface area (Å²) in [4.78, 5) is 13.9. The number of aliphatic hydroxyl groups is 1. The van der Waals surface area contributed by atoms with E-state index in [0.29, 0.717) is 36.0 Å². The van der Waals surface area contributed by atoms with Crippen molar-refractivity contribution in [3.63, 3.8) is 0 Å². The molecule has 1 aliphatic rings. The van der Waals surface area contributed by atoms with E-state index in [4.69, 9.17) is 27.2 Å². The van der Waals surface area contributed by atoms with Crippen LogP contribution in [0.3, 0.4) is 0 Å². The second-order valence-corrected chi connectivity index (χ2v) is 4.59. The summed E-state index contributed by atoms with van der Waals surface area (Å²) >= 11 is 5.80. The van der Waals surface area contributed by atoms with Gasteiger partial charge in [-0.2, -0.15) is 0 Å². The molecule has 1 aromatic carbocycles. The molecule has 5 nitrogen and oxygen atoms in total. The Kier molecular flexibility index (Phi) is 4.06. The molecule has 18 heavy (non-hydrogen) atoms. The van der Waals surface area contributed by atoms with Crippen LogP contribution in [0, 0.1) is 0 Å². The number of ether oxygens (including phenoxy) is 1. The molecule has 1 amide bonds. The molecule has 1 unspecified atom stereocenters. The van der Waals surface area contributed by atoms with E-state index in [2.05, 4.69) is 0 Å². The van der Waals surface area contributed by atoms with Gasteiger partial charge in [-0.05, 0) is 18.2 Å². The molecule has 3 N–H and O–H groups in total. The first-order valence-corrected chi connectivity index (χ1v) is 6.06. The minimum atomic E-state index is -0.323. The number of anilines is 1. The third kappa shape index (κ3) is 2.75. The second kappa shape index (κ2) is 5.56. The molecule has 0 bridgehead atoms. The molecule has 1 aliphatic heterocycles. The van der Waals surface area contributed by atoms with Crippen molar-refractivity contribution in [3.8, 4) is 0 Å². The Bertz CT molecular complexity index is 453. The van der Waals surface area contributed by atoms with Crippen molar-refractivity contribution in [2.24, 2.45) is 0 Å². The number of benzene rings is 1. The summed E-state index contributed by atoms with van der Waals surface area (Å²) in [5.74, 6) is -0.161. The molecule has 0 saturated carbocycles. The molecule has 0 radical (unpaired) electrons. The van der Waals surface area contributed by atoms with Crippen molar-refractivity contribution in [1.82, 2.24) is 4.90 Å². The number of hydrogen-bond acceptors (Lipinski definition) is 4. The third-order valence-corrected chi connectivity index (χ3v) is 3.11. The number of halogens is 1. The monoisotopic (exact) mass is 270 g/mol. The maximum absolute atomic E-state index is 12.3. The fraction of sp³-hybridized carbons (Fsp3) is 0.417. The fourth-order valence-electron chi connectivity index (χ4n) is 1.91. The van der Waals surface area contributed by atoms with Crippen molar-refractivity contribution < 1.29 is 14.6 Å². The Morgan fingerprint density at radius 1 is 1.61 bits per heavy atom. The second-order valence-electron chi connectivity index (χ2n) is 4.16. The van der Waals surface area contributed by atoms with Crippen LogP contribution in [0.5, 0.6) is 0 Å². The average Bonchev–Trinajstić information content (AvgIpc) is 2.38. The first kappa shape index (κ1) is 13.1. The van der Waals surface area contributed by atoms with Gasteiger partial charge in [-0.3, -0.25) is 4.79 Å². The third-order valence-electron chi connectivity index (χ3n) is 2.87. The van der Waals surface area contributed by atoms with Gasteiger partial charge in [0.1, 0.15) is 0 Å². The number of morpholine rings is 1. The van der Waals surface area contributed by atoms with Crippen LogP contribution in [0.4, 0.5) is 5.69 Å². The predicted octanol–water partition coefficient (Wildman–Crippen LogP) is 0.756. The molecule has 6 heteroatoms. The fourth-order valence-corrected chi connectivity index (χ4v) is 2.09. The summed E-state index contributed by atoms with van der Waals surface area (Å²) in [7, 11) is 0. The van der Waals surface area contributed by atoms with Crippen molar-refractivity contribution >= 4 is 23.2 Å². The van der Waals surface area contributed by atoms with E-state index in [-0.39, 0.29) is 18.6 Å². The number of nitrogen functional groups attached to an aromatic ring is 1. The summed E-state index contributed by atoms with van der Waals surface area (Å²) in [6, 6.07) is 4.80. The van der Waals surface area contributed by atoms with Gasteiger partial charge in [0.15, 0.2) is 0 Å². The van der Waals surface area contributed by atoms with Crippen LogP contribution >= 0.6 is 11.6 Å². The number of rotatable bonds is 2. The smallest absolute Gasteiger partial charge is 0.256 e. The van der Waals surface area contributed by atoms with E-state index >= 15 is 0 Å². The van der Waals surface area contributed by atoms with Gasteiger partial charge >= 0.3 is 0 Å². The average molecular weight is 271 g/mol. The molecular formula is C12H15ClN2O3. The van der Waals surface area contributed by atoms with Gasteiger partial charge < -0.3 is 20.5 Å². The lowest BCUT2D eigenvalue weighted by molar-refractivity contribution is -0.0447. The van der Waals surface area contributed by atoms with Crippen LogP contribution < -0.4 is 5.73 Å². The Labute approximate surface area is 110 Å². The summed E-state index contributed by atoms with van der Waals surface area (Å²) in [5.41, 5.74) is 6.57. The zero-order valence-corrected chi connectivity index (χ0v) is 10.6. The number of carbonyl (C=O) groups excluding carboxylic acids is 1. The van der Waals surface area contributed by atoms with E-state index < -0.39 is 0 Å². The number of aliphatic hydroxyl groups excluding tert-OH is 1. The van der Waals surface area contributed by atoms with Crippen molar-refractivity contribution in [2.45, 2.75) is 6.10 Å². The lowest BCUT2D eigenvalue weighted by Gasteiger charge is -2.32. The first-order valence-electron chi connectivity index (χ1n) is 5.68. The van der Waals surface area contributed by atoms with Gasteiger partial charge in [-0.1, -0.05) is 11.6 Å². The van der Waals surface area contributed by atoms with Gasteiger partial charge in [-0.15, -0.1) is 0 Å². The number of hydrogen-bond donors (Lipinski definition) is 2. The minimum Gasteiger partial charge on any atom is -0.398 e. The summed E-state index contributed by atoms with van der Waals surface area (Å²) in [6.45, 7) is 1.19. The van der Waals surface area contributed by atoms with E-state index in [0.717, 1.165) is 0 Å². The van der Waals surface area contributed by atoms with E-state index in [1.807, 2.05) is 0 Å². The Hall–Kier alpha value is -1.30. The molecule has 1 aromatic rings. The van der Waals surface area contributed by atoms with Crippen LogP contribution in [0.1, 0.15) is 10.4 Å². The molecule has 0 spiro atoms. The van der Waals surface area contributed by atoms with Crippen molar-refractivity contribution in [1.29, 1.82) is 0 Å². The number of carbonyl (C=O) groups is 1. The van der Waals surface area contributed by atoms with Crippen LogP contribution in [-0.2, 0) is 4.74 Å². The summed E-state index contributed by atoms with van der Waals surface area (Å²) in [6.07, 6.45) is -0.323. The predicted molar refractivity (Wildman–Crippen MR) is 68.6 cm³/mol. The molecule has 2 rings (SSSR count). The topological polar surface area (TPSA) is 75.8 Å². The largest absolute Gasteiger partial charge is 0.398 e. The molecule has 1 saturated heterocycles. The molecule has 98 valence electrons. The van der Waals surface area contributed by atoms with Crippen molar-refractivity contribution in [2.75, 3.05) is 32.0 Å². The van der Waals surface area contributed by atoms with Gasteiger partial charge in [0.2, 0.25) is 0 Å². The zero-order valence-electron chi connectivity index (χ0n) is 9.80. The maximum atomic E-state index is 12.3. The molecule has 1 fully saturated rings. The normalized spacial score (nSPS) is 19.9. The Balaban J connectivity index is 2.15. The van der Waals surface area contributed by atoms with Gasteiger partial charge in [0, 0.05) is 23.8 Å². The Morgan fingerprint density at radius 2 is 2.39 bits per heavy atom. The molecular weight excluding hydrogens is 256 g/mol. The van der Waals surface area contributed by atoms with E-state index in [9.17, 15) is 4.79 Å². The zero-order chi connectivity index (χ0) is 13.1. The van der Waals surface area contributed by atoms with Gasteiger partial charge in [0.05, 0.1) is 24.9 Å². The molecule has 0 aromatic heterocycles. The number of amides is 1. The lowest BCUT2D eigenvalue weighted by atomic mass is 10.1. The summed E-state index contributed by atoms with van der Waals surface area (Å²) in [5, 5.41) is 9.55. The molecule has 0 aliphatic carbocycles. The minimum absolute atomic E-state index is 0.0973. The lowest BCUT2D eigenvalue weighted by Crippen LogP contribution is -2.47. The standard InChI is InChI=1S/C12H15ClN2O3/c13-8-1-2-10(11(14)5-8)12(17)15-3-4-18-9(6-15)7-16/h1-2,5,9,16H,3-4,6-7,14H2. The first-order chi connectivity index (χ1) is 8.61. The van der Waals surface area contributed by atoms with Crippen LogP contribution in [0.15, 0.2) is 18.2 Å². The quantitative estimate of drug-likeness (QED) is 0.778. The van der Waals surface area contributed by atoms with Gasteiger partial charge in [0.25, 0.3) is 5.91 Å². The van der Waals surface area contributed by atoms with E-state index in [1.54, 1.807) is 23.1 Å². The van der Waals surface area contributed by atoms with Crippen LogP contribution in [0.25, 0.3) is 0 Å². The highest BCUT2D eigenvalue weighted by Crippen LogP contribution is 2.20. The number of nitrogens with two attached hydrogens (primary N) is 1. The maximum Gasteiger partial charge on any atom is 0.256 e. The summed E-state index contributed by atoms with van der Waals surface area (Å²) < 4.78 is 5.30. The SMILES string of the molecule is Nc1cc(Cl)ccc1C(=O)N1CCOC(CO)C1. The van der Waals surface area contributed by atoms with E-state index in [1.165, 1.54) is 0 Å². The van der Waals surface area contributed by atoms with Crippen LogP contribution in [0.2, 0.25) is 5.02 Å². The Morgan fingerprint density at radius 3 is 3.06 bits per heavy atom. The van der Waals surface area contributed by atoms with Crippen molar-refractivity contribution in [3.05, 3.63) is 28.8 Å². The highest BCUT2D eigenvalue weighted by molar-refractivity contribution is 6.31. The number of nitrogens with zero attached hydrogens (tertiary/aromatic N) is 1. The van der Waals surface area contributed by atoms with Gasteiger partial charge in [-0.25, -0.2) is 0 Å². The molecule has 1 heterocycles.